The van der Waals surface area contributed by atoms with Gasteiger partial charge in [-0.1, -0.05) is 0 Å². The summed E-state index contributed by atoms with van der Waals surface area (Å²) in [6.07, 6.45) is 1.42. The van der Waals surface area contributed by atoms with Crippen molar-refractivity contribution in [3.8, 4) is 0 Å². The molecule has 0 atom stereocenters. The van der Waals surface area contributed by atoms with Gasteiger partial charge >= 0.3 is 6.09 Å². The Morgan fingerprint density at radius 2 is 1.24 bits per heavy atom. The van der Waals surface area contributed by atoms with E-state index in [1.165, 1.54) is 0 Å². The van der Waals surface area contributed by atoms with Crippen molar-refractivity contribution < 1.29 is 42.9 Å². The van der Waals surface area contributed by atoms with Crippen molar-refractivity contribution in [1.82, 2.24) is 10.2 Å². The average molecular weight is 417 g/mol. The first-order valence-corrected chi connectivity index (χ1v) is 9.04. The SMILES string of the molecule is NC(=O)OCCOCCOCCOCCOCCNC(=O)CN1C(=O)C=CC1=O. The number of amides is 4. The number of nitrogens with two attached hydrogens (primary N) is 1. The molecule has 0 saturated carbocycles. The lowest BCUT2D eigenvalue weighted by molar-refractivity contribution is -0.141. The lowest BCUT2D eigenvalue weighted by Crippen LogP contribution is -2.41. The van der Waals surface area contributed by atoms with E-state index in [0.29, 0.717) is 39.6 Å². The van der Waals surface area contributed by atoms with Crippen molar-refractivity contribution >= 4 is 23.8 Å². The van der Waals surface area contributed by atoms with Gasteiger partial charge in [0, 0.05) is 18.7 Å². The van der Waals surface area contributed by atoms with Gasteiger partial charge in [-0.15, -0.1) is 0 Å². The molecule has 1 rings (SSSR count). The molecular weight excluding hydrogens is 390 g/mol. The Labute approximate surface area is 168 Å². The smallest absolute Gasteiger partial charge is 0.404 e. The van der Waals surface area contributed by atoms with Crippen LogP contribution in [0, 0.1) is 0 Å². The van der Waals surface area contributed by atoms with Crippen LogP contribution in [-0.2, 0) is 38.1 Å². The molecule has 4 amide bonds. The molecular formula is C17H27N3O9. The number of carbonyl (C=O) groups excluding carboxylic acids is 4. The van der Waals surface area contributed by atoms with E-state index < -0.39 is 23.8 Å². The summed E-state index contributed by atoms with van der Waals surface area (Å²) in [7, 11) is 0. The van der Waals surface area contributed by atoms with Crippen LogP contribution in [-0.4, -0.2) is 101 Å². The van der Waals surface area contributed by atoms with E-state index in [1.54, 1.807) is 0 Å². The molecule has 0 aromatic carbocycles. The van der Waals surface area contributed by atoms with E-state index in [-0.39, 0.29) is 32.9 Å². The first-order chi connectivity index (χ1) is 14.0. The van der Waals surface area contributed by atoms with Gasteiger partial charge in [0.2, 0.25) is 5.91 Å². The molecule has 29 heavy (non-hydrogen) atoms. The molecule has 0 fully saturated rings. The third-order valence-electron chi connectivity index (χ3n) is 3.36. The third kappa shape index (κ3) is 12.5. The summed E-state index contributed by atoms with van der Waals surface area (Å²) in [6, 6.07) is 0. The van der Waals surface area contributed by atoms with Crippen LogP contribution < -0.4 is 11.1 Å². The summed E-state index contributed by atoms with van der Waals surface area (Å²) in [4.78, 5) is 45.4. The molecule has 0 aliphatic carbocycles. The minimum absolute atomic E-state index is 0.109. The molecule has 0 radical (unpaired) electrons. The Kier molecular flexibility index (Phi) is 13.0. The molecule has 0 aromatic heterocycles. The van der Waals surface area contributed by atoms with Crippen molar-refractivity contribution in [3.63, 3.8) is 0 Å². The van der Waals surface area contributed by atoms with Crippen molar-refractivity contribution in [2.45, 2.75) is 0 Å². The van der Waals surface area contributed by atoms with E-state index >= 15 is 0 Å². The molecule has 1 heterocycles. The fraction of sp³-hybridized carbons (Fsp3) is 0.647. The van der Waals surface area contributed by atoms with Crippen molar-refractivity contribution in [2.24, 2.45) is 5.73 Å². The maximum Gasteiger partial charge on any atom is 0.404 e. The highest BCUT2D eigenvalue weighted by atomic mass is 16.6. The van der Waals surface area contributed by atoms with Crippen LogP contribution in [0.15, 0.2) is 12.2 Å². The van der Waals surface area contributed by atoms with Gasteiger partial charge in [0.05, 0.1) is 52.9 Å². The summed E-state index contributed by atoms with van der Waals surface area (Å²) in [5, 5.41) is 2.56. The van der Waals surface area contributed by atoms with Gasteiger partial charge in [0.25, 0.3) is 11.8 Å². The molecule has 12 nitrogen and oxygen atoms in total. The van der Waals surface area contributed by atoms with Crippen LogP contribution in [0.3, 0.4) is 0 Å². The topological polar surface area (TPSA) is 156 Å². The number of ether oxygens (including phenoxy) is 5. The quantitative estimate of drug-likeness (QED) is 0.206. The van der Waals surface area contributed by atoms with Crippen molar-refractivity contribution in [1.29, 1.82) is 0 Å². The fourth-order valence-electron chi connectivity index (χ4n) is 2.01. The minimum atomic E-state index is -0.832. The largest absolute Gasteiger partial charge is 0.447 e. The lowest BCUT2D eigenvalue weighted by atomic mass is 10.4. The molecule has 0 aromatic rings. The second-order valence-electron chi connectivity index (χ2n) is 5.56. The predicted molar refractivity (Wildman–Crippen MR) is 97.7 cm³/mol. The third-order valence-corrected chi connectivity index (χ3v) is 3.36. The van der Waals surface area contributed by atoms with Gasteiger partial charge in [0.15, 0.2) is 0 Å². The first kappa shape index (κ1) is 24.5. The van der Waals surface area contributed by atoms with Gasteiger partial charge in [-0.3, -0.25) is 19.3 Å². The summed E-state index contributed by atoms with van der Waals surface area (Å²) in [5.41, 5.74) is 4.79. The van der Waals surface area contributed by atoms with Gasteiger partial charge in [-0.05, 0) is 0 Å². The number of nitrogens with zero attached hydrogens (tertiary/aromatic N) is 1. The number of imide groups is 1. The molecule has 164 valence electrons. The van der Waals surface area contributed by atoms with Gasteiger partial charge in [-0.2, -0.15) is 0 Å². The van der Waals surface area contributed by atoms with Crippen LogP contribution in [0.4, 0.5) is 4.79 Å². The van der Waals surface area contributed by atoms with Crippen LogP contribution >= 0.6 is 0 Å². The van der Waals surface area contributed by atoms with Gasteiger partial charge < -0.3 is 34.7 Å². The van der Waals surface area contributed by atoms with E-state index in [4.69, 9.17) is 24.7 Å². The molecule has 0 spiro atoms. The Bertz CT molecular complexity index is 550. The van der Waals surface area contributed by atoms with Crippen LogP contribution in [0.2, 0.25) is 0 Å². The number of nitrogens with one attached hydrogen (secondary N) is 1. The summed E-state index contributed by atoms with van der Waals surface area (Å²) >= 11 is 0. The standard InChI is InChI=1S/C17H27N3O9/c18-17(24)29-12-11-28-10-9-27-8-7-26-6-5-25-4-3-19-14(21)13-20-15(22)1-2-16(20)23/h1-2H,3-13H2,(H2,18,24)(H,19,21). The zero-order valence-electron chi connectivity index (χ0n) is 16.1. The maximum absolute atomic E-state index is 11.6. The van der Waals surface area contributed by atoms with E-state index in [0.717, 1.165) is 17.1 Å². The number of hydrogen-bond donors (Lipinski definition) is 2. The highest BCUT2D eigenvalue weighted by molar-refractivity contribution is 6.14. The lowest BCUT2D eigenvalue weighted by Gasteiger charge is -2.13. The molecule has 1 aliphatic heterocycles. The summed E-state index contributed by atoms with van der Waals surface area (Å²) < 4.78 is 25.5. The van der Waals surface area contributed by atoms with Gasteiger partial charge in [0.1, 0.15) is 13.2 Å². The molecule has 0 saturated heterocycles. The highest BCUT2D eigenvalue weighted by Gasteiger charge is 2.25. The Hall–Kier alpha value is -2.54. The zero-order chi connectivity index (χ0) is 21.3. The zero-order valence-corrected chi connectivity index (χ0v) is 16.1. The number of carbonyl (C=O) groups is 4. The molecule has 0 bridgehead atoms. The van der Waals surface area contributed by atoms with E-state index in [1.807, 2.05) is 0 Å². The molecule has 1 aliphatic rings. The summed E-state index contributed by atoms with van der Waals surface area (Å²) in [6.45, 7) is 2.89. The van der Waals surface area contributed by atoms with Crippen molar-refractivity contribution in [3.05, 3.63) is 12.2 Å². The molecule has 3 N–H and O–H groups in total. The maximum atomic E-state index is 11.6. The van der Waals surface area contributed by atoms with Gasteiger partial charge in [-0.25, -0.2) is 4.79 Å². The van der Waals surface area contributed by atoms with Crippen LogP contribution in [0.1, 0.15) is 0 Å². The highest BCUT2D eigenvalue weighted by Crippen LogP contribution is 2.02. The van der Waals surface area contributed by atoms with Crippen molar-refractivity contribution in [2.75, 3.05) is 72.6 Å². The molecule has 12 heteroatoms. The Morgan fingerprint density at radius 1 is 0.793 bits per heavy atom. The van der Waals surface area contributed by atoms with E-state index in [9.17, 15) is 19.2 Å². The van der Waals surface area contributed by atoms with Crippen LogP contribution in [0.25, 0.3) is 0 Å². The van der Waals surface area contributed by atoms with E-state index in [2.05, 4.69) is 10.1 Å². The summed E-state index contributed by atoms with van der Waals surface area (Å²) in [5.74, 6) is -1.42. The normalized spacial score (nSPS) is 13.2. The second-order valence-corrected chi connectivity index (χ2v) is 5.56. The monoisotopic (exact) mass is 417 g/mol. The second kappa shape index (κ2) is 15.4. The Balaban J connectivity index is 1.79. The molecule has 0 unspecified atom stereocenters. The fourth-order valence-corrected chi connectivity index (χ4v) is 2.01. The number of hydrogen-bond acceptors (Lipinski definition) is 9. The number of primary amides is 1. The van der Waals surface area contributed by atoms with Crippen LogP contribution in [0.5, 0.6) is 0 Å². The first-order valence-electron chi connectivity index (χ1n) is 9.04. The minimum Gasteiger partial charge on any atom is -0.447 e. The number of rotatable bonds is 17. The Morgan fingerprint density at radius 3 is 1.72 bits per heavy atom. The predicted octanol–water partition coefficient (Wildman–Crippen LogP) is -1.81. The average Bonchev–Trinajstić information content (AvgIpc) is 2.99.